The van der Waals surface area contributed by atoms with Crippen LogP contribution >= 0.6 is 23.2 Å². The average Bonchev–Trinajstić information content (AvgIpc) is 3.04. The molecule has 4 rings (SSSR count). The molecule has 0 atom stereocenters. The molecule has 4 nitrogen and oxygen atoms in total. The molecule has 0 aliphatic rings. The normalized spacial score (nSPS) is 10.8. The second-order valence-corrected chi connectivity index (χ2v) is 7.74. The molecule has 0 radical (unpaired) electrons. The van der Waals surface area contributed by atoms with Crippen molar-refractivity contribution in [1.82, 2.24) is 9.55 Å². The Hall–Kier alpha value is -3.08. The highest BCUT2D eigenvalue weighted by Gasteiger charge is 2.19. The van der Waals surface area contributed by atoms with E-state index in [4.69, 9.17) is 28.2 Å². The van der Waals surface area contributed by atoms with Crippen LogP contribution in [0.2, 0.25) is 10.0 Å². The summed E-state index contributed by atoms with van der Waals surface area (Å²) >= 11 is 12.1. The van der Waals surface area contributed by atoms with Crippen molar-refractivity contribution in [3.05, 3.63) is 106 Å². The van der Waals surface area contributed by atoms with Gasteiger partial charge < -0.3 is 4.57 Å². The first-order valence-corrected chi connectivity index (χ1v) is 10.2. The number of anilines is 1. The van der Waals surface area contributed by atoms with Gasteiger partial charge in [0.25, 0.3) is 5.91 Å². The van der Waals surface area contributed by atoms with Gasteiger partial charge in [0.1, 0.15) is 0 Å². The Labute approximate surface area is 185 Å². The van der Waals surface area contributed by atoms with Crippen LogP contribution < -0.4 is 5.32 Å². The van der Waals surface area contributed by atoms with Gasteiger partial charge in [0.05, 0.1) is 22.0 Å². The van der Waals surface area contributed by atoms with Crippen molar-refractivity contribution >= 4 is 35.1 Å². The van der Waals surface area contributed by atoms with Crippen molar-refractivity contribution in [2.75, 3.05) is 5.32 Å². The summed E-state index contributed by atoms with van der Waals surface area (Å²) in [5.41, 5.74) is 4.36. The van der Waals surface area contributed by atoms with E-state index in [1.54, 1.807) is 18.2 Å². The maximum atomic E-state index is 12.8. The number of nitrogens with zero attached hydrogens (tertiary/aromatic N) is 2. The number of imidazole rings is 1. The molecule has 30 heavy (non-hydrogen) atoms. The second-order valence-electron chi connectivity index (χ2n) is 6.90. The van der Waals surface area contributed by atoms with Crippen molar-refractivity contribution in [1.29, 1.82) is 0 Å². The third-order valence-electron chi connectivity index (χ3n) is 4.83. The van der Waals surface area contributed by atoms with E-state index in [1.807, 2.05) is 60.1 Å². The molecule has 3 aromatic carbocycles. The minimum absolute atomic E-state index is 0.294. The van der Waals surface area contributed by atoms with Gasteiger partial charge in [-0.15, -0.1) is 0 Å². The molecule has 4 aromatic rings. The Balaban J connectivity index is 1.72. The highest BCUT2D eigenvalue weighted by atomic mass is 35.5. The molecular formula is C24H19Cl2N3O. The van der Waals surface area contributed by atoms with E-state index in [1.165, 1.54) is 0 Å². The second kappa shape index (κ2) is 8.74. The molecule has 0 aliphatic carbocycles. The van der Waals surface area contributed by atoms with Gasteiger partial charge in [-0.2, -0.15) is 0 Å². The standard InChI is InChI=1S/C24H19Cl2N3O/c1-29-22(17-10-6-3-7-11-17)21(14-16-8-4-2-5-9-16)27-24(29)28-23(30)19-13-12-18(25)15-20(19)26/h2-13,15H,14H2,1H3,(H,27,28,30). The maximum absolute atomic E-state index is 12.8. The molecule has 0 saturated carbocycles. The third kappa shape index (κ3) is 4.25. The summed E-state index contributed by atoms with van der Waals surface area (Å²) in [5.74, 6) is 0.117. The first-order chi connectivity index (χ1) is 14.5. The van der Waals surface area contributed by atoms with Crippen LogP contribution in [0.1, 0.15) is 21.6 Å². The summed E-state index contributed by atoms with van der Waals surface area (Å²) in [4.78, 5) is 17.6. The molecule has 150 valence electrons. The molecular weight excluding hydrogens is 417 g/mol. The van der Waals surface area contributed by atoms with Gasteiger partial charge in [-0.1, -0.05) is 83.9 Å². The van der Waals surface area contributed by atoms with E-state index in [9.17, 15) is 4.79 Å². The lowest BCUT2D eigenvalue weighted by Crippen LogP contribution is -2.15. The van der Waals surface area contributed by atoms with Gasteiger partial charge in [-0.05, 0) is 23.8 Å². The number of benzene rings is 3. The smallest absolute Gasteiger partial charge is 0.259 e. The number of carbonyl (C=O) groups excluding carboxylic acids is 1. The number of amides is 1. The Bertz CT molecular complexity index is 1190. The first-order valence-electron chi connectivity index (χ1n) is 9.44. The lowest BCUT2D eigenvalue weighted by atomic mass is 10.0. The molecule has 1 heterocycles. The molecule has 0 fully saturated rings. The number of rotatable bonds is 5. The summed E-state index contributed by atoms with van der Waals surface area (Å²) in [5, 5.41) is 3.66. The van der Waals surface area contributed by atoms with E-state index >= 15 is 0 Å². The molecule has 1 amide bonds. The molecule has 0 aliphatic heterocycles. The van der Waals surface area contributed by atoms with Gasteiger partial charge >= 0.3 is 0 Å². The van der Waals surface area contributed by atoms with Gasteiger partial charge in [-0.25, -0.2) is 4.98 Å². The number of hydrogen-bond acceptors (Lipinski definition) is 2. The zero-order valence-electron chi connectivity index (χ0n) is 16.3. The summed E-state index contributed by atoms with van der Waals surface area (Å²) < 4.78 is 1.90. The van der Waals surface area contributed by atoms with Crippen LogP contribution in [-0.2, 0) is 13.5 Å². The van der Waals surface area contributed by atoms with Crippen molar-refractivity contribution < 1.29 is 4.79 Å². The van der Waals surface area contributed by atoms with Crippen molar-refractivity contribution in [2.45, 2.75) is 6.42 Å². The highest BCUT2D eigenvalue weighted by Crippen LogP contribution is 2.29. The van der Waals surface area contributed by atoms with Crippen LogP contribution in [-0.4, -0.2) is 15.5 Å². The van der Waals surface area contributed by atoms with Crippen molar-refractivity contribution in [3.63, 3.8) is 0 Å². The van der Waals surface area contributed by atoms with Gasteiger partial charge in [0.15, 0.2) is 0 Å². The average molecular weight is 436 g/mol. The Morgan fingerprint density at radius 1 is 0.967 bits per heavy atom. The lowest BCUT2D eigenvalue weighted by Gasteiger charge is -2.09. The molecule has 0 spiro atoms. The van der Waals surface area contributed by atoms with Gasteiger partial charge in [0, 0.05) is 24.1 Å². The van der Waals surface area contributed by atoms with Crippen LogP contribution in [0.4, 0.5) is 5.95 Å². The molecule has 6 heteroatoms. The zero-order chi connectivity index (χ0) is 21.1. The van der Waals surface area contributed by atoms with E-state index in [0.29, 0.717) is 28.0 Å². The van der Waals surface area contributed by atoms with Crippen molar-refractivity contribution in [3.8, 4) is 11.3 Å². The molecule has 1 N–H and O–H groups in total. The molecule has 0 bridgehead atoms. The van der Waals surface area contributed by atoms with E-state index in [-0.39, 0.29) is 5.91 Å². The Kier molecular flexibility index (Phi) is 5.88. The number of hydrogen-bond donors (Lipinski definition) is 1. The largest absolute Gasteiger partial charge is 0.313 e. The fourth-order valence-electron chi connectivity index (χ4n) is 3.38. The molecule has 0 saturated heterocycles. The minimum atomic E-state index is -0.337. The maximum Gasteiger partial charge on any atom is 0.259 e. The van der Waals surface area contributed by atoms with Gasteiger partial charge in [-0.3, -0.25) is 10.1 Å². The quantitative estimate of drug-likeness (QED) is 0.403. The molecule has 0 unspecified atom stereocenters. The van der Waals surface area contributed by atoms with E-state index in [0.717, 1.165) is 22.5 Å². The van der Waals surface area contributed by atoms with Gasteiger partial charge in [0.2, 0.25) is 5.95 Å². The number of halogens is 2. The van der Waals surface area contributed by atoms with Crippen LogP contribution in [0.25, 0.3) is 11.3 Å². The number of aromatic nitrogens is 2. The SMILES string of the molecule is Cn1c(NC(=O)c2ccc(Cl)cc2Cl)nc(Cc2ccccc2)c1-c1ccccc1. The Morgan fingerprint density at radius 3 is 2.30 bits per heavy atom. The van der Waals surface area contributed by atoms with E-state index < -0.39 is 0 Å². The number of nitrogens with one attached hydrogen (secondary N) is 1. The van der Waals surface area contributed by atoms with Crippen LogP contribution in [0, 0.1) is 0 Å². The van der Waals surface area contributed by atoms with E-state index in [2.05, 4.69) is 17.4 Å². The van der Waals surface area contributed by atoms with Crippen LogP contribution in [0.3, 0.4) is 0 Å². The van der Waals surface area contributed by atoms with Crippen molar-refractivity contribution in [2.24, 2.45) is 7.05 Å². The predicted molar refractivity (Wildman–Crippen MR) is 122 cm³/mol. The topological polar surface area (TPSA) is 46.9 Å². The summed E-state index contributed by atoms with van der Waals surface area (Å²) in [7, 11) is 1.89. The minimum Gasteiger partial charge on any atom is -0.313 e. The fourth-order valence-corrected chi connectivity index (χ4v) is 3.87. The third-order valence-corrected chi connectivity index (χ3v) is 5.38. The predicted octanol–water partition coefficient (Wildman–Crippen LogP) is 6.24. The number of carbonyl (C=O) groups is 1. The fraction of sp³-hybridized carbons (Fsp3) is 0.0833. The first kappa shape index (κ1) is 20.2. The highest BCUT2D eigenvalue weighted by molar-refractivity contribution is 6.37. The lowest BCUT2D eigenvalue weighted by molar-refractivity contribution is 0.102. The zero-order valence-corrected chi connectivity index (χ0v) is 17.8. The Morgan fingerprint density at radius 2 is 1.63 bits per heavy atom. The summed E-state index contributed by atoms with van der Waals surface area (Å²) in [6.07, 6.45) is 0.649. The summed E-state index contributed by atoms with van der Waals surface area (Å²) in [6.45, 7) is 0. The summed E-state index contributed by atoms with van der Waals surface area (Å²) in [6, 6.07) is 24.9. The van der Waals surface area contributed by atoms with Crippen LogP contribution in [0.5, 0.6) is 0 Å². The molecule has 1 aromatic heterocycles. The monoisotopic (exact) mass is 435 g/mol. The van der Waals surface area contributed by atoms with Crippen LogP contribution in [0.15, 0.2) is 78.9 Å².